The molecule has 0 unspecified atom stereocenters. The number of carbonyl (C=O) groups excluding carboxylic acids is 1. The highest BCUT2D eigenvalue weighted by molar-refractivity contribution is 6.34. The number of halogens is 4. The van der Waals surface area contributed by atoms with Gasteiger partial charge in [-0.1, -0.05) is 11.6 Å². The summed E-state index contributed by atoms with van der Waals surface area (Å²) in [6.07, 6.45) is 1.76. The predicted octanol–water partition coefficient (Wildman–Crippen LogP) is 3.40. The normalized spacial score (nSPS) is 16.9. The summed E-state index contributed by atoms with van der Waals surface area (Å²) >= 11 is 6.11. The molecule has 2 aromatic rings. The SMILES string of the molecule is O=C(NCCN1CCC(F)(F)CC1)c1cc(-c2ncc(F)cn2)ccc1Cl. The standard InChI is InChI=1S/C18H18ClF3N4O/c19-15-2-1-12(16-24-10-13(20)11-25-16)9-14(15)17(27)23-5-8-26-6-3-18(21,22)4-7-26/h1-2,9-11H,3-8H2,(H,23,27). The Labute approximate surface area is 159 Å². The third-order valence-electron chi connectivity index (χ3n) is 4.39. The molecule has 0 aliphatic carbocycles. The van der Waals surface area contributed by atoms with Crippen LogP contribution in [0.1, 0.15) is 23.2 Å². The fourth-order valence-electron chi connectivity index (χ4n) is 2.83. The van der Waals surface area contributed by atoms with Crippen molar-refractivity contribution < 1.29 is 18.0 Å². The molecule has 0 atom stereocenters. The van der Waals surface area contributed by atoms with Gasteiger partial charge in [-0.05, 0) is 18.2 Å². The highest BCUT2D eigenvalue weighted by Crippen LogP contribution is 2.27. The lowest BCUT2D eigenvalue weighted by Gasteiger charge is -2.31. The van der Waals surface area contributed by atoms with E-state index in [9.17, 15) is 18.0 Å². The predicted molar refractivity (Wildman–Crippen MR) is 95.4 cm³/mol. The molecule has 1 aromatic carbocycles. The Hall–Kier alpha value is -2.19. The summed E-state index contributed by atoms with van der Waals surface area (Å²) in [4.78, 5) is 22.1. The number of amides is 1. The minimum Gasteiger partial charge on any atom is -0.351 e. The van der Waals surface area contributed by atoms with Crippen molar-refractivity contribution in [2.45, 2.75) is 18.8 Å². The minimum absolute atomic E-state index is 0.160. The molecule has 5 nitrogen and oxygen atoms in total. The number of alkyl halides is 2. The second kappa shape index (κ2) is 8.22. The molecule has 1 N–H and O–H groups in total. The summed E-state index contributed by atoms with van der Waals surface area (Å²) in [6.45, 7) is 1.42. The molecule has 0 bridgehead atoms. The highest BCUT2D eigenvalue weighted by atomic mass is 35.5. The second-order valence-electron chi connectivity index (χ2n) is 6.37. The Morgan fingerprint density at radius 3 is 2.56 bits per heavy atom. The molecule has 1 fully saturated rings. The number of piperidine rings is 1. The third-order valence-corrected chi connectivity index (χ3v) is 4.72. The molecule has 9 heteroatoms. The van der Waals surface area contributed by atoms with Crippen LogP contribution < -0.4 is 5.32 Å². The molecule has 1 amide bonds. The van der Waals surface area contributed by atoms with Crippen molar-refractivity contribution in [3.8, 4) is 11.4 Å². The lowest BCUT2D eigenvalue weighted by Crippen LogP contribution is -2.43. The van der Waals surface area contributed by atoms with Crippen molar-refractivity contribution in [3.63, 3.8) is 0 Å². The highest BCUT2D eigenvalue weighted by Gasteiger charge is 2.33. The average molecular weight is 399 g/mol. The summed E-state index contributed by atoms with van der Waals surface area (Å²) in [7, 11) is 0. The van der Waals surface area contributed by atoms with Gasteiger partial charge in [0.25, 0.3) is 11.8 Å². The number of aromatic nitrogens is 2. The zero-order valence-electron chi connectivity index (χ0n) is 14.4. The molecule has 0 spiro atoms. The van der Waals surface area contributed by atoms with Gasteiger partial charge < -0.3 is 10.2 Å². The first kappa shape index (κ1) is 19.6. The van der Waals surface area contributed by atoms with Crippen LogP contribution in [0, 0.1) is 5.82 Å². The smallest absolute Gasteiger partial charge is 0.252 e. The molecule has 1 aliphatic heterocycles. The summed E-state index contributed by atoms with van der Waals surface area (Å²) in [6, 6.07) is 4.72. The van der Waals surface area contributed by atoms with E-state index in [1.807, 2.05) is 4.90 Å². The van der Waals surface area contributed by atoms with E-state index in [4.69, 9.17) is 11.6 Å². The molecule has 27 heavy (non-hydrogen) atoms. The maximum atomic E-state index is 13.2. The van der Waals surface area contributed by atoms with Crippen molar-refractivity contribution in [2.24, 2.45) is 0 Å². The van der Waals surface area contributed by atoms with Crippen LogP contribution in [-0.2, 0) is 0 Å². The number of nitrogens with one attached hydrogen (secondary N) is 1. The van der Waals surface area contributed by atoms with Crippen LogP contribution in [0.4, 0.5) is 13.2 Å². The zero-order valence-corrected chi connectivity index (χ0v) is 15.1. The Bertz CT molecular complexity index is 807. The van der Waals surface area contributed by atoms with E-state index in [1.54, 1.807) is 12.1 Å². The number of nitrogens with zero attached hydrogens (tertiary/aromatic N) is 3. The van der Waals surface area contributed by atoms with Crippen LogP contribution in [0.25, 0.3) is 11.4 Å². The summed E-state index contributed by atoms with van der Waals surface area (Å²) in [5.74, 6) is -3.25. The third kappa shape index (κ3) is 5.17. The van der Waals surface area contributed by atoms with E-state index < -0.39 is 11.7 Å². The summed E-state index contributed by atoms with van der Waals surface area (Å²) in [5.41, 5.74) is 0.773. The molecule has 0 radical (unpaired) electrons. The molecule has 2 heterocycles. The topological polar surface area (TPSA) is 58.1 Å². The average Bonchev–Trinajstić information content (AvgIpc) is 2.64. The van der Waals surface area contributed by atoms with E-state index in [-0.39, 0.29) is 35.2 Å². The van der Waals surface area contributed by atoms with Crippen molar-refractivity contribution in [2.75, 3.05) is 26.2 Å². The van der Waals surface area contributed by atoms with Crippen LogP contribution in [0.5, 0.6) is 0 Å². The van der Waals surface area contributed by atoms with Gasteiger partial charge in [-0.2, -0.15) is 0 Å². The number of benzene rings is 1. The molecule has 1 saturated heterocycles. The van der Waals surface area contributed by atoms with Gasteiger partial charge in [0.1, 0.15) is 0 Å². The van der Waals surface area contributed by atoms with Gasteiger partial charge in [0.05, 0.1) is 23.0 Å². The van der Waals surface area contributed by atoms with Crippen LogP contribution in [0.3, 0.4) is 0 Å². The van der Waals surface area contributed by atoms with Gasteiger partial charge in [-0.3, -0.25) is 4.79 Å². The molecular formula is C18H18ClF3N4O. The van der Waals surface area contributed by atoms with E-state index >= 15 is 0 Å². The Morgan fingerprint density at radius 2 is 1.89 bits per heavy atom. The summed E-state index contributed by atoms with van der Waals surface area (Å²) in [5, 5.41) is 3.00. The van der Waals surface area contributed by atoms with Crippen molar-refractivity contribution in [1.82, 2.24) is 20.2 Å². The van der Waals surface area contributed by atoms with Gasteiger partial charge in [0.2, 0.25) is 0 Å². The maximum Gasteiger partial charge on any atom is 0.252 e. The molecular weight excluding hydrogens is 381 g/mol. The van der Waals surface area contributed by atoms with Crippen LogP contribution >= 0.6 is 11.6 Å². The molecule has 3 rings (SSSR count). The lowest BCUT2D eigenvalue weighted by molar-refractivity contribution is -0.0547. The monoisotopic (exact) mass is 398 g/mol. The van der Waals surface area contributed by atoms with Gasteiger partial charge >= 0.3 is 0 Å². The first-order valence-corrected chi connectivity index (χ1v) is 8.88. The first-order chi connectivity index (χ1) is 12.8. The van der Waals surface area contributed by atoms with Gasteiger partial charge in [-0.15, -0.1) is 0 Å². The molecule has 0 saturated carbocycles. The van der Waals surface area contributed by atoms with Crippen molar-refractivity contribution in [3.05, 3.63) is 47.0 Å². The summed E-state index contributed by atoms with van der Waals surface area (Å²) < 4.78 is 39.3. The fourth-order valence-corrected chi connectivity index (χ4v) is 3.03. The van der Waals surface area contributed by atoms with Gasteiger partial charge in [-0.25, -0.2) is 23.1 Å². The van der Waals surface area contributed by atoms with E-state index in [1.165, 1.54) is 6.07 Å². The first-order valence-electron chi connectivity index (χ1n) is 8.50. The Balaban J connectivity index is 1.59. The number of hydrogen-bond donors (Lipinski definition) is 1. The Kier molecular flexibility index (Phi) is 5.96. The largest absolute Gasteiger partial charge is 0.351 e. The van der Waals surface area contributed by atoms with E-state index in [2.05, 4.69) is 15.3 Å². The van der Waals surface area contributed by atoms with Crippen LogP contribution in [0.2, 0.25) is 5.02 Å². The maximum absolute atomic E-state index is 13.2. The van der Waals surface area contributed by atoms with Crippen LogP contribution in [0.15, 0.2) is 30.6 Å². The fraction of sp³-hybridized carbons (Fsp3) is 0.389. The van der Waals surface area contributed by atoms with Crippen molar-refractivity contribution >= 4 is 17.5 Å². The molecule has 1 aliphatic rings. The quantitative estimate of drug-likeness (QED) is 0.838. The number of hydrogen-bond acceptors (Lipinski definition) is 4. The number of carbonyl (C=O) groups is 1. The van der Waals surface area contributed by atoms with E-state index in [0.29, 0.717) is 31.7 Å². The van der Waals surface area contributed by atoms with Crippen molar-refractivity contribution in [1.29, 1.82) is 0 Å². The van der Waals surface area contributed by atoms with E-state index in [0.717, 1.165) is 12.4 Å². The number of likely N-dealkylation sites (tertiary alicyclic amines) is 1. The van der Waals surface area contributed by atoms with Crippen LogP contribution in [-0.4, -0.2) is 52.9 Å². The van der Waals surface area contributed by atoms with Gasteiger partial charge in [0, 0.05) is 44.6 Å². The van der Waals surface area contributed by atoms with Gasteiger partial charge in [0.15, 0.2) is 11.6 Å². The Morgan fingerprint density at radius 1 is 1.22 bits per heavy atom. The zero-order chi connectivity index (χ0) is 19.4. The number of rotatable bonds is 5. The molecule has 1 aromatic heterocycles. The molecule has 144 valence electrons. The lowest BCUT2D eigenvalue weighted by atomic mass is 10.1. The second-order valence-corrected chi connectivity index (χ2v) is 6.78. The minimum atomic E-state index is -2.59.